The van der Waals surface area contributed by atoms with Gasteiger partial charge in [0.2, 0.25) is 0 Å². The van der Waals surface area contributed by atoms with Gasteiger partial charge in [0, 0.05) is 12.6 Å². The van der Waals surface area contributed by atoms with Gasteiger partial charge in [-0.25, -0.2) is 0 Å². The Morgan fingerprint density at radius 3 is 2.83 bits per heavy atom. The molecule has 18 heavy (non-hydrogen) atoms. The lowest BCUT2D eigenvalue weighted by atomic mass is 10.2. The van der Waals surface area contributed by atoms with E-state index in [-0.39, 0.29) is 10.7 Å². The fraction of sp³-hybridized carbons (Fsp3) is 0.500. The highest BCUT2D eigenvalue weighted by atomic mass is 35.5. The van der Waals surface area contributed by atoms with E-state index in [0.717, 1.165) is 13.0 Å². The summed E-state index contributed by atoms with van der Waals surface area (Å²) >= 11 is 5.82. The summed E-state index contributed by atoms with van der Waals surface area (Å²) in [4.78, 5) is 10.4. The summed E-state index contributed by atoms with van der Waals surface area (Å²) in [6.07, 6.45) is 3.47. The van der Waals surface area contributed by atoms with Crippen molar-refractivity contribution in [2.45, 2.75) is 25.3 Å². The summed E-state index contributed by atoms with van der Waals surface area (Å²) in [6, 6.07) is 5.61. The van der Waals surface area contributed by atoms with Gasteiger partial charge in [-0.2, -0.15) is 0 Å². The first-order valence-electron chi connectivity index (χ1n) is 6.08. The highest BCUT2D eigenvalue weighted by molar-refractivity contribution is 6.33. The summed E-state index contributed by atoms with van der Waals surface area (Å²) in [5, 5.41) is 17.5. The Labute approximate surface area is 111 Å². The molecule has 0 atom stereocenters. The van der Waals surface area contributed by atoms with Gasteiger partial charge in [-0.3, -0.25) is 10.1 Å². The Hall–Kier alpha value is -1.33. The second-order valence-electron chi connectivity index (χ2n) is 4.40. The predicted molar refractivity (Wildman–Crippen MR) is 72.2 cm³/mol. The SMILES string of the molecule is O=[N+]([O-])c1c(Cl)cccc1NCCCNC1CC1. The number of halogens is 1. The average Bonchev–Trinajstić information content (AvgIpc) is 3.12. The normalized spacial score (nSPS) is 14.5. The van der Waals surface area contributed by atoms with Crippen LogP contribution in [0.4, 0.5) is 11.4 Å². The molecule has 0 saturated heterocycles. The van der Waals surface area contributed by atoms with E-state index in [0.29, 0.717) is 18.3 Å². The zero-order chi connectivity index (χ0) is 13.0. The van der Waals surface area contributed by atoms with Gasteiger partial charge in [0.15, 0.2) is 0 Å². The second-order valence-corrected chi connectivity index (χ2v) is 4.81. The predicted octanol–water partition coefficient (Wildman–Crippen LogP) is 2.80. The molecule has 0 aromatic heterocycles. The molecule has 1 aliphatic carbocycles. The zero-order valence-corrected chi connectivity index (χ0v) is 10.7. The first-order valence-corrected chi connectivity index (χ1v) is 6.46. The molecule has 2 N–H and O–H groups in total. The van der Waals surface area contributed by atoms with Gasteiger partial charge in [-0.05, 0) is 37.9 Å². The van der Waals surface area contributed by atoms with Gasteiger partial charge in [-0.1, -0.05) is 17.7 Å². The van der Waals surface area contributed by atoms with Crippen LogP contribution < -0.4 is 10.6 Å². The molecule has 0 radical (unpaired) electrons. The third kappa shape index (κ3) is 3.58. The molecule has 6 heteroatoms. The van der Waals surface area contributed by atoms with Crippen LogP contribution in [0.2, 0.25) is 5.02 Å². The molecule has 0 spiro atoms. The van der Waals surface area contributed by atoms with E-state index in [1.165, 1.54) is 18.9 Å². The summed E-state index contributed by atoms with van der Waals surface area (Å²) in [5.74, 6) is 0. The van der Waals surface area contributed by atoms with E-state index in [2.05, 4.69) is 10.6 Å². The monoisotopic (exact) mass is 269 g/mol. The first-order chi connectivity index (χ1) is 8.68. The molecule has 0 aliphatic heterocycles. The van der Waals surface area contributed by atoms with E-state index in [1.54, 1.807) is 12.1 Å². The molecular weight excluding hydrogens is 254 g/mol. The first kappa shape index (κ1) is 13.1. The number of nitro groups is 1. The molecule has 98 valence electrons. The number of hydrogen-bond acceptors (Lipinski definition) is 4. The molecule has 1 aromatic carbocycles. The van der Waals surface area contributed by atoms with Crippen LogP contribution in [0, 0.1) is 10.1 Å². The van der Waals surface area contributed by atoms with Crippen LogP contribution in [0.1, 0.15) is 19.3 Å². The number of benzene rings is 1. The van der Waals surface area contributed by atoms with E-state index in [1.807, 2.05) is 0 Å². The van der Waals surface area contributed by atoms with Gasteiger partial charge >= 0.3 is 5.69 Å². The third-order valence-electron chi connectivity index (χ3n) is 2.85. The highest BCUT2D eigenvalue weighted by Crippen LogP contribution is 2.32. The topological polar surface area (TPSA) is 67.2 Å². The second kappa shape index (κ2) is 6.02. The summed E-state index contributed by atoms with van der Waals surface area (Å²) in [6.45, 7) is 1.63. The maximum Gasteiger partial charge on any atom is 0.310 e. The van der Waals surface area contributed by atoms with Crippen LogP contribution in [0.3, 0.4) is 0 Å². The Morgan fingerprint density at radius 1 is 1.39 bits per heavy atom. The number of rotatable bonds is 7. The third-order valence-corrected chi connectivity index (χ3v) is 3.15. The Bertz CT molecular complexity index is 435. The standard InChI is InChI=1S/C12H16ClN3O2/c13-10-3-1-4-11(12(10)16(17)18)15-8-2-7-14-9-5-6-9/h1,3-4,9,14-15H,2,5-8H2. The molecule has 0 heterocycles. The number of para-hydroxylation sites is 1. The summed E-state index contributed by atoms with van der Waals surface area (Å²) < 4.78 is 0. The minimum absolute atomic E-state index is 0.0469. The minimum atomic E-state index is -0.451. The van der Waals surface area contributed by atoms with Crippen molar-refractivity contribution < 1.29 is 4.92 Å². The highest BCUT2D eigenvalue weighted by Gasteiger charge is 2.20. The number of nitrogens with one attached hydrogen (secondary N) is 2. The Balaban J connectivity index is 1.83. The van der Waals surface area contributed by atoms with Crippen LogP contribution in [-0.4, -0.2) is 24.1 Å². The Morgan fingerprint density at radius 2 is 2.17 bits per heavy atom. The van der Waals surface area contributed by atoms with Gasteiger partial charge in [0.05, 0.1) is 4.92 Å². The van der Waals surface area contributed by atoms with Gasteiger partial charge in [0.25, 0.3) is 0 Å². The molecule has 1 aliphatic rings. The van der Waals surface area contributed by atoms with Gasteiger partial charge < -0.3 is 10.6 Å². The fourth-order valence-electron chi connectivity index (χ4n) is 1.75. The van der Waals surface area contributed by atoms with Crippen LogP contribution in [0.15, 0.2) is 18.2 Å². The fourth-order valence-corrected chi connectivity index (χ4v) is 1.99. The summed E-state index contributed by atoms with van der Waals surface area (Å²) in [7, 11) is 0. The number of nitrogens with zero attached hydrogens (tertiary/aromatic N) is 1. The van der Waals surface area contributed by atoms with Crippen LogP contribution in [-0.2, 0) is 0 Å². The van der Waals surface area contributed by atoms with Crippen molar-refractivity contribution in [1.29, 1.82) is 0 Å². The lowest BCUT2D eigenvalue weighted by Gasteiger charge is -2.08. The van der Waals surface area contributed by atoms with Crippen LogP contribution >= 0.6 is 11.6 Å². The van der Waals surface area contributed by atoms with E-state index >= 15 is 0 Å². The van der Waals surface area contributed by atoms with Crippen LogP contribution in [0.5, 0.6) is 0 Å². The van der Waals surface area contributed by atoms with E-state index in [4.69, 9.17) is 11.6 Å². The molecule has 1 aromatic rings. The van der Waals surface area contributed by atoms with Crippen molar-refractivity contribution in [2.24, 2.45) is 0 Å². The van der Waals surface area contributed by atoms with Crippen molar-refractivity contribution >= 4 is 23.0 Å². The largest absolute Gasteiger partial charge is 0.379 e. The van der Waals surface area contributed by atoms with Crippen molar-refractivity contribution in [1.82, 2.24) is 5.32 Å². The lowest BCUT2D eigenvalue weighted by Crippen LogP contribution is -2.20. The molecule has 1 saturated carbocycles. The maximum atomic E-state index is 10.9. The maximum absolute atomic E-state index is 10.9. The lowest BCUT2D eigenvalue weighted by molar-refractivity contribution is -0.383. The minimum Gasteiger partial charge on any atom is -0.379 e. The van der Waals surface area contributed by atoms with Gasteiger partial charge in [-0.15, -0.1) is 0 Å². The van der Waals surface area contributed by atoms with E-state index in [9.17, 15) is 10.1 Å². The van der Waals surface area contributed by atoms with Gasteiger partial charge in [0.1, 0.15) is 10.7 Å². The molecule has 0 unspecified atom stereocenters. The molecular formula is C12H16ClN3O2. The average molecular weight is 270 g/mol. The van der Waals surface area contributed by atoms with Crippen molar-refractivity contribution in [3.63, 3.8) is 0 Å². The van der Waals surface area contributed by atoms with Crippen molar-refractivity contribution in [3.05, 3.63) is 33.3 Å². The quantitative estimate of drug-likeness (QED) is 0.454. The molecule has 2 rings (SSSR count). The number of nitro benzene ring substituents is 1. The van der Waals surface area contributed by atoms with E-state index < -0.39 is 4.92 Å². The molecule has 0 bridgehead atoms. The smallest absolute Gasteiger partial charge is 0.310 e. The zero-order valence-electron chi connectivity index (χ0n) is 9.99. The molecule has 1 fully saturated rings. The van der Waals surface area contributed by atoms with Crippen molar-refractivity contribution in [3.8, 4) is 0 Å². The van der Waals surface area contributed by atoms with Crippen LogP contribution in [0.25, 0.3) is 0 Å². The number of hydrogen-bond donors (Lipinski definition) is 2. The Kier molecular flexibility index (Phi) is 4.38. The van der Waals surface area contributed by atoms with Crippen molar-refractivity contribution in [2.75, 3.05) is 18.4 Å². The summed E-state index contributed by atoms with van der Waals surface area (Å²) in [5.41, 5.74) is 0.438. The molecule has 5 nitrogen and oxygen atoms in total. The number of anilines is 1. The molecule has 0 amide bonds.